The quantitative estimate of drug-likeness (QED) is 0.438. The predicted octanol–water partition coefficient (Wildman–Crippen LogP) is 5.49. The second-order valence-corrected chi connectivity index (χ2v) is 7.38. The van der Waals surface area contributed by atoms with Crippen molar-refractivity contribution in [2.24, 2.45) is 0 Å². The molecule has 3 nitrogen and oxygen atoms in total. The van der Waals surface area contributed by atoms with Crippen LogP contribution in [0.25, 0.3) is 38.4 Å². The Bertz CT molecular complexity index is 1270. The number of fused-ring (bicyclic) bond motifs is 4. The minimum atomic E-state index is -0.936. The molecule has 0 aliphatic carbocycles. The van der Waals surface area contributed by atoms with Crippen molar-refractivity contribution in [1.29, 1.82) is 0 Å². The molecule has 0 fully saturated rings. The lowest BCUT2D eigenvalue weighted by molar-refractivity contribution is 0.0725. The second kappa shape index (κ2) is 5.23. The molecule has 2 heterocycles. The van der Waals surface area contributed by atoms with Crippen LogP contribution in [-0.4, -0.2) is 14.7 Å². The van der Waals surface area contributed by atoms with Crippen LogP contribution in [0.5, 0.6) is 0 Å². The monoisotopic (exact) mass is 340 g/mol. The van der Waals surface area contributed by atoms with Gasteiger partial charge in [-0.1, -0.05) is 36.4 Å². The molecule has 0 amide bonds. The minimum absolute atomic E-state index is 0.887. The molecular formula is C23H20N2O. The number of hydrogen-bond acceptors (Lipinski definition) is 1. The normalized spacial score (nSPS) is 12.4. The summed E-state index contributed by atoms with van der Waals surface area (Å²) in [6.07, 6.45) is 0. The smallest absolute Gasteiger partial charge is 0.0993 e. The van der Waals surface area contributed by atoms with Gasteiger partial charge in [-0.3, -0.25) is 0 Å². The first-order valence-corrected chi connectivity index (χ1v) is 8.86. The maximum atomic E-state index is 10.8. The topological polar surface area (TPSA) is 41.0 Å². The Morgan fingerprint density at radius 2 is 1.54 bits per heavy atom. The molecule has 0 saturated heterocycles. The molecule has 128 valence electrons. The first-order valence-electron chi connectivity index (χ1n) is 8.86. The van der Waals surface area contributed by atoms with Crippen LogP contribution in [0.2, 0.25) is 0 Å². The Kier molecular flexibility index (Phi) is 3.06. The first kappa shape index (κ1) is 15.2. The molecule has 2 aromatic heterocycles. The zero-order chi connectivity index (χ0) is 17.9. The molecule has 0 spiro atoms. The van der Waals surface area contributed by atoms with E-state index in [1.165, 1.54) is 10.8 Å². The predicted molar refractivity (Wildman–Crippen MR) is 108 cm³/mol. The molecule has 0 unspecified atom stereocenters. The number of para-hydroxylation sites is 2. The Hall–Kier alpha value is -3.04. The van der Waals surface area contributed by atoms with Crippen LogP contribution in [0, 0.1) is 0 Å². The van der Waals surface area contributed by atoms with E-state index in [1.54, 1.807) is 0 Å². The number of benzene rings is 3. The maximum absolute atomic E-state index is 10.8. The van der Waals surface area contributed by atoms with Gasteiger partial charge in [0.2, 0.25) is 0 Å². The Morgan fingerprint density at radius 1 is 0.808 bits per heavy atom. The van der Waals surface area contributed by atoms with E-state index in [2.05, 4.69) is 64.1 Å². The van der Waals surface area contributed by atoms with Crippen molar-refractivity contribution in [3.8, 4) is 5.69 Å². The van der Waals surface area contributed by atoms with Gasteiger partial charge in [-0.05, 0) is 50.2 Å². The summed E-state index contributed by atoms with van der Waals surface area (Å²) in [6, 6.07) is 25.1. The van der Waals surface area contributed by atoms with E-state index in [-0.39, 0.29) is 0 Å². The summed E-state index contributed by atoms with van der Waals surface area (Å²) in [4.78, 5) is 3.47. The lowest BCUT2D eigenvalue weighted by atomic mass is 10.0. The number of nitrogens with zero attached hydrogens (tertiary/aromatic N) is 1. The number of rotatable bonds is 2. The number of aromatic nitrogens is 2. The van der Waals surface area contributed by atoms with Gasteiger partial charge in [0, 0.05) is 32.9 Å². The highest BCUT2D eigenvalue weighted by Crippen LogP contribution is 2.33. The summed E-state index contributed by atoms with van der Waals surface area (Å²) < 4.78 is 2.16. The van der Waals surface area contributed by atoms with Crippen molar-refractivity contribution in [2.75, 3.05) is 0 Å². The number of hydrogen-bond donors (Lipinski definition) is 2. The van der Waals surface area contributed by atoms with Gasteiger partial charge in [0.1, 0.15) is 0 Å². The maximum Gasteiger partial charge on any atom is 0.0993 e. The van der Waals surface area contributed by atoms with Crippen LogP contribution in [0.1, 0.15) is 19.5 Å². The van der Waals surface area contributed by atoms with Crippen LogP contribution in [0.4, 0.5) is 0 Å². The highest BCUT2D eigenvalue weighted by Gasteiger charge is 2.23. The molecule has 2 N–H and O–H groups in total. The summed E-state index contributed by atoms with van der Waals surface area (Å²) in [7, 11) is 0. The summed E-state index contributed by atoms with van der Waals surface area (Å²) >= 11 is 0. The Labute approximate surface area is 151 Å². The van der Waals surface area contributed by atoms with Crippen molar-refractivity contribution < 1.29 is 5.11 Å². The summed E-state index contributed by atoms with van der Waals surface area (Å²) in [5, 5.41) is 14.3. The molecule has 0 bridgehead atoms. The minimum Gasteiger partial charge on any atom is -0.384 e. The molecule has 3 aromatic carbocycles. The largest absolute Gasteiger partial charge is 0.384 e. The summed E-state index contributed by atoms with van der Waals surface area (Å²) in [6.45, 7) is 3.67. The molecule has 0 aliphatic heterocycles. The van der Waals surface area contributed by atoms with E-state index in [0.717, 1.165) is 33.3 Å². The lowest BCUT2D eigenvalue weighted by Gasteiger charge is -2.21. The molecule has 3 heteroatoms. The molecule has 0 saturated carbocycles. The third-order valence-corrected chi connectivity index (χ3v) is 5.09. The number of H-pyrrole nitrogens is 1. The third kappa shape index (κ3) is 2.18. The second-order valence-electron chi connectivity index (χ2n) is 7.38. The van der Waals surface area contributed by atoms with Crippen LogP contribution in [0.15, 0.2) is 72.8 Å². The molecule has 5 rings (SSSR count). The van der Waals surface area contributed by atoms with E-state index in [4.69, 9.17) is 0 Å². The highest BCUT2D eigenvalue weighted by atomic mass is 16.3. The Balaban J connectivity index is 1.86. The lowest BCUT2D eigenvalue weighted by Crippen LogP contribution is -2.20. The van der Waals surface area contributed by atoms with Gasteiger partial charge in [0.25, 0.3) is 0 Å². The molecule has 0 atom stereocenters. The molecule has 26 heavy (non-hydrogen) atoms. The van der Waals surface area contributed by atoms with Crippen LogP contribution in [-0.2, 0) is 5.60 Å². The highest BCUT2D eigenvalue weighted by molar-refractivity contribution is 6.08. The number of aliphatic hydroxyl groups is 1. The Morgan fingerprint density at radius 3 is 2.38 bits per heavy atom. The fourth-order valence-corrected chi connectivity index (χ4v) is 3.86. The standard InChI is InChI=1S/C23H20N2O/c1-23(2,26)22-13-15-7-3-6-10-21(15)25(22)16-11-12-20-18(14-16)17-8-4-5-9-19(17)24-20/h3-14,24,26H,1-2H3. The zero-order valence-electron chi connectivity index (χ0n) is 14.8. The van der Waals surface area contributed by atoms with Gasteiger partial charge in [0.05, 0.1) is 16.8 Å². The van der Waals surface area contributed by atoms with Gasteiger partial charge >= 0.3 is 0 Å². The van der Waals surface area contributed by atoms with E-state index in [1.807, 2.05) is 32.0 Å². The van der Waals surface area contributed by atoms with Gasteiger partial charge < -0.3 is 14.7 Å². The summed E-state index contributed by atoms with van der Waals surface area (Å²) in [5.74, 6) is 0. The van der Waals surface area contributed by atoms with Crippen molar-refractivity contribution in [1.82, 2.24) is 9.55 Å². The summed E-state index contributed by atoms with van der Waals surface area (Å²) in [5.41, 5.74) is 4.37. The molecule has 0 aliphatic rings. The fourth-order valence-electron chi connectivity index (χ4n) is 3.86. The average molecular weight is 340 g/mol. The van der Waals surface area contributed by atoms with E-state index >= 15 is 0 Å². The van der Waals surface area contributed by atoms with E-state index < -0.39 is 5.60 Å². The molecule has 5 aromatic rings. The van der Waals surface area contributed by atoms with Crippen molar-refractivity contribution in [2.45, 2.75) is 19.4 Å². The van der Waals surface area contributed by atoms with Crippen molar-refractivity contribution >= 4 is 32.7 Å². The van der Waals surface area contributed by atoms with Gasteiger partial charge in [-0.2, -0.15) is 0 Å². The van der Waals surface area contributed by atoms with Crippen LogP contribution >= 0.6 is 0 Å². The van der Waals surface area contributed by atoms with Crippen LogP contribution < -0.4 is 0 Å². The molecule has 0 radical (unpaired) electrons. The van der Waals surface area contributed by atoms with E-state index in [9.17, 15) is 5.11 Å². The van der Waals surface area contributed by atoms with Crippen molar-refractivity contribution in [3.05, 3.63) is 78.5 Å². The zero-order valence-corrected chi connectivity index (χ0v) is 14.8. The van der Waals surface area contributed by atoms with Gasteiger partial charge in [-0.25, -0.2) is 0 Å². The first-order chi connectivity index (χ1) is 12.5. The fraction of sp³-hybridized carbons (Fsp3) is 0.130. The SMILES string of the molecule is CC(C)(O)c1cc2ccccc2n1-c1ccc2[nH]c3ccccc3c2c1. The van der Waals surface area contributed by atoms with Crippen molar-refractivity contribution in [3.63, 3.8) is 0 Å². The van der Waals surface area contributed by atoms with E-state index in [0.29, 0.717) is 0 Å². The van der Waals surface area contributed by atoms with Crippen LogP contribution in [0.3, 0.4) is 0 Å². The van der Waals surface area contributed by atoms with Gasteiger partial charge in [-0.15, -0.1) is 0 Å². The average Bonchev–Trinajstić information content (AvgIpc) is 3.19. The molecular weight excluding hydrogens is 320 g/mol. The number of nitrogens with one attached hydrogen (secondary N) is 1. The van der Waals surface area contributed by atoms with Gasteiger partial charge in [0.15, 0.2) is 0 Å². The third-order valence-electron chi connectivity index (χ3n) is 5.09. The number of aromatic amines is 1.